The molecule has 0 fully saturated rings. The Hall–Kier alpha value is -1.60. The molecule has 0 spiro atoms. The Labute approximate surface area is 125 Å². The molecule has 0 atom stereocenters. The largest absolute Gasteiger partial charge is 0.542 e. The first kappa shape index (κ1) is 19.4. The van der Waals surface area contributed by atoms with E-state index in [0.29, 0.717) is 6.42 Å². The minimum absolute atomic E-state index is 0.0302. The maximum Gasteiger partial charge on any atom is 0.542 e. The summed E-state index contributed by atoms with van der Waals surface area (Å²) in [6.07, 6.45) is 0.610. The van der Waals surface area contributed by atoms with Crippen LogP contribution in [-0.4, -0.2) is 30.9 Å². The molecule has 0 saturated carbocycles. The van der Waals surface area contributed by atoms with Crippen molar-refractivity contribution in [1.82, 2.24) is 0 Å². The number of rotatable bonds is 8. The van der Waals surface area contributed by atoms with E-state index in [2.05, 4.69) is 46.7 Å². The van der Waals surface area contributed by atoms with Gasteiger partial charge in [0.15, 0.2) is 0 Å². The van der Waals surface area contributed by atoms with Crippen molar-refractivity contribution in [3.63, 3.8) is 0 Å². The van der Waals surface area contributed by atoms with E-state index < -0.39 is 17.7 Å². The van der Waals surface area contributed by atoms with Crippen LogP contribution in [0, 0.1) is 5.41 Å². The molecule has 0 bridgehead atoms. The highest BCUT2D eigenvalue weighted by Crippen LogP contribution is 2.29. The lowest BCUT2D eigenvalue weighted by Crippen LogP contribution is -2.31. The van der Waals surface area contributed by atoms with Crippen molar-refractivity contribution in [3.05, 3.63) is 12.7 Å². The molecule has 0 aromatic heterocycles. The monoisotopic (exact) mass is 304 g/mol. The molecule has 7 nitrogen and oxygen atoms in total. The third kappa shape index (κ3) is 11.9. The Kier molecular flexibility index (Phi) is 7.98. The van der Waals surface area contributed by atoms with Gasteiger partial charge in [0.25, 0.3) is 0 Å². The van der Waals surface area contributed by atoms with Crippen molar-refractivity contribution in [2.75, 3.05) is 13.2 Å². The quantitative estimate of drug-likeness (QED) is 0.224. The molecule has 0 aliphatic carbocycles. The van der Waals surface area contributed by atoms with E-state index in [9.17, 15) is 9.59 Å². The molecule has 0 unspecified atom stereocenters. The van der Waals surface area contributed by atoms with Crippen LogP contribution in [0.3, 0.4) is 0 Å². The second kappa shape index (κ2) is 8.63. The van der Waals surface area contributed by atoms with Gasteiger partial charge < -0.3 is 9.47 Å². The number of carbonyl (C=O) groups is 2. The van der Waals surface area contributed by atoms with Crippen molar-refractivity contribution in [2.45, 2.75) is 46.6 Å². The fourth-order valence-electron chi connectivity index (χ4n) is 1.79. The van der Waals surface area contributed by atoms with Crippen LogP contribution in [0.25, 0.3) is 0 Å². The number of hydrogen-bond donors (Lipinski definition) is 0. The summed E-state index contributed by atoms with van der Waals surface area (Å²) in [4.78, 5) is 31.1. The Balaban J connectivity index is 3.79. The fraction of sp³-hybridized carbons (Fsp3) is 0.714. The zero-order chi connectivity index (χ0) is 16.5. The first-order chi connectivity index (χ1) is 9.56. The van der Waals surface area contributed by atoms with Gasteiger partial charge in [-0.3, -0.25) is 0 Å². The minimum Gasteiger partial charge on any atom is -0.459 e. The van der Waals surface area contributed by atoms with E-state index in [4.69, 9.17) is 4.89 Å². The lowest BCUT2D eigenvalue weighted by molar-refractivity contribution is -0.518. The van der Waals surface area contributed by atoms with E-state index in [-0.39, 0.29) is 18.6 Å². The van der Waals surface area contributed by atoms with Crippen LogP contribution in [-0.2, 0) is 29.1 Å². The predicted octanol–water partition coefficient (Wildman–Crippen LogP) is 2.95. The first-order valence-corrected chi connectivity index (χ1v) is 6.54. The van der Waals surface area contributed by atoms with Crippen LogP contribution in [0.4, 0.5) is 4.79 Å². The van der Waals surface area contributed by atoms with Gasteiger partial charge in [0, 0.05) is 6.08 Å². The third-order valence-electron chi connectivity index (χ3n) is 2.03. The molecule has 0 N–H and O–H groups in total. The minimum atomic E-state index is -1.09. The van der Waals surface area contributed by atoms with Gasteiger partial charge in [-0.1, -0.05) is 27.4 Å². The normalized spacial score (nSPS) is 11.7. The summed E-state index contributed by atoms with van der Waals surface area (Å²) in [5.41, 5.74) is -0.597. The molecule has 21 heavy (non-hydrogen) atoms. The third-order valence-corrected chi connectivity index (χ3v) is 2.03. The SMILES string of the molecule is C=CC(=O)OCCOC(=O)OOOC(C)(C)CC(C)(C)C. The van der Waals surface area contributed by atoms with Gasteiger partial charge in [-0.15, -0.1) is 0 Å². The van der Waals surface area contributed by atoms with E-state index in [0.717, 1.165) is 6.08 Å². The molecule has 0 aromatic carbocycles. The topological polar surface area (TPSA) is 80.3 Å². The summed E-state index contributed by atoms with van der Waals surface area (Å²) in [6, 6.07) is 0. The zero-order valence-electron chi connectivity index (χ0n) is 13.3. The highest BCUT2D eigenvalue weighted by Gasteiger charge is 2.28. The molecule has 0 saturated heterocycles. The second-order valence-corrected chi connectivity index (χ2v) is 6.20. The molecule has 0 heterocycles. The van der Waals surface area contributed by atoms with Crippen LogP contribution in [0.1, 0.15) is 41.0 Å². The van der Waals surface area contributed by atoms with Gasteiger partial charge in [0.1, 0.15) is 18.8 Å². The van der Waals surface area contributed by atoms with Crippen LogP contribution in [0.15, 0.2) is 12.7 Å². The summed E-state index contributed by atoms with van der Waals surface area (Å²) < 4.78 is 9.17. The van der Waals surface area contributed by atoms with Gasteiger partial charge in [-0.05, 0) is 30.7 Å². The van der Waals surface area contributed by atoms with Crippen molar-refractivity contribution in [2.24, 2.45) is 5.41 Å². The second-order valence-electron chi connectivity index (χ2n) is 6.20. The predicted molar refractivity (Wildman–Crippen MR) is 73.9 cm³/mol. The summed E-state index contributed by atoms with van der Waals surface area (Å²) >= 11 is 0. The highest BCUT2D eigenvalue weighted by molar-refractivity contribution is 5.81. The molecule has 0 rings (SSSR count). The number of esters is 1. The lowest BCUT2D eigenvalue weighted by Gasteiger charge is -2.29. The number of carbonyl (C=O) groups excluding carboxylic acids is 2. The Morgan fingerprint density at radius 1 is 1.05 bits per heavy atom. The van der Waals surface area contributed by atoms with Gasteiger partial charge in [-0.2, -0.15) is 4.89 Å². The maximum atomic E-state index is 11.1. The van der Waals surface area contributed by atoms with Crippen LogP contribution < -0.4 is 0 Å². The number of hydrogen-bond acceptors (Lipinski definition) is 7. The van der Waals surface area contributed by atoms with Gasteiger partial charge in [0.05, 0.1) is 0 Å². The molecule has 7 heteroatoms. The Morgan fingerprint density at radius 3 is 2.14 bits per heavy atom. The molecule has 0 aromatic rings. The van der Waals surface area contributed by atoms with E-state index in [1.807, 2.05) is 13.8 Å². The summed E-state index contributed by atoms with van der Waals surface area (Å²) in [5.74, 6) is -0.601. The summed E-state index contributed by atoms with van der Waals surface area (Å²) in [5, 5.41) is 4.41. The van der Waals surface area contributed by atoms with Crippen LogP contribution in [0.5, 0.6) is 0 Å². The number of ether oxygens (including phenoxy) is 2. The molecule has 0 amide bonds. The van der Waals surface area contributed by atoms with Crippen LogP contribution >= 0.6 is 0 Å². The van der Waals surface area contributed by atoms with Crippen molar-refractivity contribution in [1.29, 1.82) is 0 Å². The summed E-state index contributed by atoms with van der Waals surface area (Å²) in [6.45, 7) is 12.7. The maximum absolute atomic E-state index is 11.1. The van der Waals surface area contributed by atoms with Crippen LogP contribution in [0.2, 0.25) is 0 Å². The van der Waals surface area contributed by atoms with E-state index in [1.165, 1.54) is 0 Å². The van der Waals surface area contributed by atoms with E-state index >= 15 is 0 Å². The van der Waals surface area contributed by atoms with E-state index in [1.54, 1.807) is 0 Å². The molecular formula is C14H24O7. The molecule has 0 radical (unpaired) electrons. The Bertz CT molecular complexity index is 355. The van der Waals surface area contributed by atoms with Gasteiger partial charge in [0.2, 0.25) is 0 Å². The fourth-order valence-corrected chi connectivity index (χ4v) is 1.79. The summed E-state index contributed by atoms with van der Waals surface area (Å²) in [7, 11) is 0. The van der Waals surface area contributed by atoms with Gasteiger partial charge in [-0.25, -0.2) is 14.5 Å². The molecule has 0 aliphatic heterocycles. The first-order valence-electron chi connectivity index (χ1n) is 6.54. The van der Waals surface area contributed by atoms with Crippen molar-refractivity contribution in [3.8, 4) is 0 Å². The van der Waals surface area contributed by atoms with Crippen molar-refractivity contribution >= 4 is 12.1 Å². The average Bonchev–Trinajstić information content (AvgIpc) is 2.30. The lowest BCUT2D eigenvalue weighted by atomic mass is 9.84. The smallest absolute Gasteiger partial charge is 0.459 e. The Morgan fingerprint density at radius 2 is 1.62 bits per heavy atom. The molecular weight excluding hydrogens is 280 g/mol. The zero-order valence-corrected chi connectivity index (χ0v) is 13.3. The molecule has 122 valence electrons. The van der Waals surface area contributed by atoms with Gasteiger partial charge >= 0.3 is 12.1 Å². The van der Waals surface area contributed by atoms with Crippen molar-refractivity contribution < 1.29 is 33.9 Å². The average molecular weight is 304 g/mol. The highest BCUT2D eigenvalue weighted by atomic mass is 17.5. The molecule has 0 aliphatic rings. The standard InChI is InChI=1S/C14H24O7/c1-7-11(15)17-8-9-18-12(16)19-21-20-14(5,6)10-13(2,3)4/h7H,1,8-10H2,2-6H3.